The molecule has 0 bridgehead atoms. The molecular formula is C31H23N5O5S2. The second-order valence-electron chi connectivity index (χ2n) is 9.00. The first kappa shape index (κ1) is 29.2. The molecule has 0 saturated carbocycles. The number of thiazole rings is 1. The highest BCUT2D eigenvalue weighted by molar-refractivity contribution is 8.00. The van der Waals surface area contributed by atoms with Crippen LogP contribution in [0.25, 0.3) is 16.3 Å². The lowest BCUT2D eigenvalue weighted by atomic mass is 10.1. The average Bonchev–Trinajstić information content (AvgIpc) is 3.43. The predicted molar refractivity (Wildman–Crippen MR) is 169 cm³/mol. The van der Waals surface area contributed by atoms with Crippen LogP contribution in [0.3, 0.4) is 0 Å². The van der Waals surface area contributed by atoms with E-state index >= 15 is 0 Å². The van der Waals surface area contributed by atoms with E-state index in [0.717, 1.165) is 15.1 Å². The largest absolute Gasteiger partial charge is 0.321 e. The van der Waals surface area contributed by atoms with Gasteiger partial charge in [0.15, 0.2) is 5.13 Å². The third-order valence-electron chi connectivity index (χ3n) is 5.98. The summed E-state index contributed by atoms with van der Waals surface area (Å²) in [4.78, 5) is 54.7. The Morgan fingerprint density at radius 3 is 2.30 bits per heavy atom. The number of hydrogen-bond donors (Lipinski definition) is 3. The summed E-state index contributed by atoms with van der Waals surface area (Å²) >= 11 is 2.73. The molecule has 0 radical (unpaired) electrons. The molecule has 3 N–H and O–H groups in total. The number of rotatable bonds is 10. The maximum absolute atomic E-state index is 13.3. The van der Waals surface area contributed by atoms with Crippen molar-refractivity contribution >= 4 is 73.6 Å². The molecule has 0 aliphatic carbocycles. The van der Waals surface area contributed by atoms with Crippen LogP contribution < -0.4 is 16.0 Å². The number of carbonyl (C=O) groups excluding carboxylic acids is 3. The van der Waals surface area contributed by atoms with Crippen LogP contribution in [0.15, 0.2) is 114 Å². The summed E-state index contributed by atoms with van der Waals surface area (Å²) < 4.78 is 0.989. The van der Waals surface area contributed by atoms with Gasteiger partial charge < -0.3 is 16.0 Å². The van der Waals surface area contributed by atoms with E-state index in [9.17, 15) is 24.5 Å². The molecule has 4 aromatic carbocycles. The van der Waals surface area contributed by atoms with E-state index in [4.69, 9.17) is 0 Å². The molecule has 12 heteroatoms. The van der Waals surface area contributed by atoms with Gasteiger partial charge in [0.05, 0.1) is 26.5 Å². The maximum Gasteiger partial charge on any atom is 0.276 e. The van der Waals surface area contributed by atoms with Crippen molar-refractivity contribution in [3.05, 3.63) is 130 Å². The molecule has 0 fully saturated rings. The fraction of sp³-hybridized carbons (Fsp3) is 0.0323. The van der Waals surface area contributed by atoms with Gasteiger partial charge in [-0.05, 0) is 60.7 Å². The van der Waals surface area contributed by atoms with Gasteiger partial charge in [0.2, 0.25) is 5.91 Å². The second kappa shape index (κ2) is 13.6. The van der Waals surface area contributed by atoms with Crippen molar-refractivity contribution in [2.24, 2.45) is 0 Å². The minimum absolute atomic E-state index is 0.155. The van der Waals surface area contributed by atoms with E-state index in [-0.39, 0.29) is 28.6 Å². The van der Waals surface area contributed by atoms with Crippen molar-refractivity contribution in [3.8, 4) is 0 Å². The molecule has 0 spiro atoms. The Morgan fingerprint density at radius 1 is 0.860 bits per heavy atom. The van der Waals surface area contributed by atoms with Crippen molar-refractivity contribution in [1.82, 2.24) is 10.3 Å². The van der Waals surface area contributed by atoms with Crippen molar-refractivity contribution in [2.75, 3.05) is 16.4 Å². The molecule has 1 heterocycles. The number of para-hydroxylation sites is 2. The quantitative estimate of drug-likeness (QED) is 0.0725. The highest BCUT2D eigenvalue weighted by Gasteiger charge is 2.18. The Balaban J connectivity index is 1.25. The Morgan fingerprint density at radius 2 is 1.56 bits per heavy atom. The summed E-state index contributed by atoms with van der Waals surface area (Å²) in [7, 11) is 0. The number of hydrogen-bond acceptors (Lipinski definition) is 8. The zero-order valence-corrected chi connectivity index (χ0v) is 24.0. The first-order valence-electron chi connectivity index (χ1n) is 12.9. The van der Waals surface area contributed by atoms with Gasteiger partial charge in [-0.25, -0.2) is 4.98 Å². The molecule has 1 aromatic heterocycles. The van der Waals surface area contributed by atoms with E-state index in [1.165, 1.54) is 47.4 Å². The molecule has 5 rings (SSSR count). The van der Waals surface area contributed by atoms with Gasteiger partial charge in [-0.2, -0.15) is 0 Å². The molecule has 0 atom stereocenters. The Labute approximate surface area is 254 Å². The summed E-state index contributed by atoms with van der Waals surface area (Å²) in [5.41, 5.74) is 1.34. The minimum atomic E-state index is -0.668. The second-order valence-corrected chi connectivity index (χ2v) is 11.1. The van der Waals surface area contributed by atoms with Crippen LogP contribution in [0.5, 0.6) is 0 Å². The number of aromatic nitrogens is 1. The first-order valence-corrected chi connectivity index (χ1v) is 14.7. The molecule has 43 heavy (non-hydrogen) atoms. The van der Waals surface area contributed by atoms with Crippen LogP contribution in [0.4, 0.5) is 16.5 Å². The highest BCUT2D eigenvalue weighted by atomic mass is 32.2. The number of anilines is 2. The number of fused-ring (bicyclic) bond motifs is 1. The number of carbonyl (C=O) groups is 3. The van der Waals surface area contributed by atoms with Crippen molar-refractivity contribution in [2.45, 2.75) is 4.90 Å². The van der Waals surface area contributed by atoms with Crippen molar-refractivity contribution in [3.63, 3.8) is 0 Å². The summed E-state index contributed by atoms with van der Waals surface area (Å²) in [5.74, 6) is -1.24. The number of thioether (sulfide) groups is 1. The van der Waals surface area contributed by atoms with Crippen LogP contribution in [0, 0.1) is 10.1 Å². The van der Waals surface area contributed by atoms with Crippen LogP contribution in [0.2, 0.25) is 0 Å². The number of benzene rings is 4. The topological polar surface area (TPSA) is 143 Å². The number of nitrogens with one attached hydrogen (secondary N) is 3. The fourth-order valence-corrected chi connectivity index (χ4v) is 5.52. The van der Waals surface area contributed by atoms with E-state index in [1.54, 1.807) is 60.7 Å². The molecule has 0 unspecified atom stereocenters. The van der Waals surface area contributed by atoms with E-state index in [0.29, 0.717) is 16.4 Å². The zero-order chi connectivity index (χ0) is 30.2. The van der Waals surface area contributed by atoms with Gasteiger partial charge in [-0.15, -0.1) is 11.8 Å². The van der Waals surface area contributed by atoms with E-state index in [2.05, 4.69) is 20.9 Å². The average molecular weight is 610 g/mol. The van der Waals surface area contributed by atoms with Crippen molar-refractivity contribution in [1.29, 1.82) is 0 Å². The third kappa shape index (κ3) is 7.70. The fourth-order valence-electron chi connectivity index (χ4n) is 3.94. The molecular weight excluding hydrogens is 587 g/mol. The minimum Gasteiger partial charge on any atom is -0.321 e. The smallest absolute Gasteiger partial charge is 0.276 e. The molecule has 3 amide bonds. The normalized spacial score (nSPS) is 11.1. The Hall–Kier alpha value is -5.33. The summed E-state index contributed by atoms with van der Waals surface area (Å²) in [6.45, 7) is 0. The molecule has 214 valence electrons. The van der Waals surface area contributed by atoms with Crippen molar-refractivity contribution < 1.29 is 19.3 Å². The van der Waals surface area contributed by atoms with Crippen LogP contribution in [-0.4, -0.2) is 33.4 Å². The molecule has 0 aliphatic heterocycles. The monoisotopic (exact) mass is 609 g/mol. The van der Waals surface area contributed by atoms with Crippen LogP contribution in [0.1, 0.15) is 15.9 Å². The number of amides is 3. The van der Waals surface area contributed by atoms with Gasteiger partial charge in [0, 0.05) is 22.2 Å². The lowest BCUT2D eigenvalue weighted by molar-refractivity contribution is -0.385. The number of nitro benzene ring substituents is 1. The maximum atomic E-state index is 13.3. The SMILES string of the molecule is O=C(CSc1ccc(NC(=O)/C(=C/c2ccccc2[N+](=O)[O-])NC(=O)c2ccccc2)cc1)Nc1nc2ccccc2s1. The predicted octanol–water partition coefficient (Wildman–Crippen LogP) is 6.34. The molecule has 5 aromatic rings. The van der Waals surface area contributed by atoms with Crippen LogP contribution >= 0.6 is 23.1 Å². The third-order valence-corrected chi connectivity index (χ3v) is 7.95. The molecule has 10 nitrogen and oxygen atoms in total. The van der Waals surface area contributed by atoms with Crippen LogP contribution in [-0.2, 0) is 9.59 Å². The van der Waals surface area contributed by atoms with Gasteiger partial charge in [-0.1, -0.05) is 53.8 Å². The number of nitro groups is 1. The van der Waals surface area contributed by atoms with Gasteiger partial charge in [0.25, 0.3) is 17.5 Å². The van der Waals surface area contributed by atoms with Gasteiger partial charge in [0.1, 0.15) is 5.70 Å². The molecule has 0 saturated heterocycles. The lowest BCUT2D eigenvalue weighted by Crippen LogP contribution is -2.30. The lowest BCUT2D eigenvalue weighted by Gasteiger charge is -2.12. The Kier molecular flexibility index (Phi) is 9.20. The molecule has 0 aliphatic rings. The Bertz CT molecular complexity index is 1810. The van der Waals surface area contributed by atoms with Gasteiger partial charge in [-0.3, -0.25) is 24.5 Å². The summed E-state index contributed by atoms with van der Waals surface area (Å²) in [6, 6.07) is 28.7. The van der Waals surface area contributed by atoms with Gasteiger partial charge >= 0.3 is 0 Å². The first-order chi connectivity index (χ1) is 20.9. The summed E-state index contributed by atoms with van der Waals surface area (Å²) in [5, 5.41) is 20.2. The zero-order valence-electron chi connectivity index (χ0n) is 22.4. The summed E-state index contributed by atoms with van der Waals surface area (Å²) in [6.07, 6.45) is 1.27. The number of nitrogens with zero attached hydrogens (tertiary/aromatic N) is 2. The van der Waals surface area contributed by atoms with E-state index in [1.807, 2.05) is 24.3 Å². The van der Waals surface area contributed by atoms with E-state index < -0.39 is 16.7 Å². The standard InChI is InChI=1S/C31H23N5O5S2/c37-28(35-31-34-24-11-5-7-13-27(24)43-31)19-42-23-16-14-22(15-17-23)32-30(39)25(33-29(38)20-8-2-1-3-9-20)18-21-10-4-6-12-26(21)36(40)41/h1-18H,19H2,(H,32,39)(H,33,38)(H,34,35,37)/b25-18-. The highest BCUT2D eigenvalue weighted by Crippen LogP contribution is 2.26.